The first-order valence-electron chi connectivity index (χ1n) is 8.25. The molecule has 0 unspecified atom stereocenters. The van der Waals surface area contributed by atoms with Crippen LogP contribution in [0.2, 0.25) is 0 Å². The fourth-order valence-electron chi connectivity index (χ4n) is 2.62. The second-order valence-corrected chi connectivity index (χ2v) is 7.73. The Morgan fingerprint density at radius 2 is 2.11 bits per heavy atom. The third-order valence-corrected chi connectivity index (χ3v) is 5.53. The van der Waals surface area contributed by atoms with Crippen molar-refractivity contribution in [2.45, 2.75) is 19.8 Å². The fraction of sp³-hybridized carbons (Fsp3) is 0.167. The molecule has 2 aromatic heterocycles. The van der Waals surface area contributed by atoms with Crippen molar-refractivity contribution in [3.05, 3.63) is 46.7 Å². The highest BCUT2D eigenvalue weighted by atomic mass is 32.1. The second-order valence-electron chi connectivity index (χ2n) is 5.97. The van der Waals surface area contributed by atoms with Crippen LogP contribution in [-0.4, -0.2) is 27.7 Å². The molecule has 0 saturated heterocycles. The van der Waals surface area contributed by atoms with Gasteiger partial charge in [-0.15, -0.1) is 10.2 Å². The Labute approximate surface area is 163 Å². The van der Waals surface area contributed by atoms with E-state index >= 15 is 0 Å². The van der Waals surface area contributed by atoms with Gasteiger partial charge in [-0.3, -0.25) is 14.9 Å². The molecule has 27 heavy (non-hydrogen) atoms. The zero-order valence-corrected chi connectivity index (χ0v) is 16.0. The standard InChI is InChI=1S/C18H15N5O2S2/c1-11-3-2-4-13(9-11)23-15(24)6-5-14(22-23)16(25)19-18-21-20-17(27-18)12-7-8-26-10-12/h2-4,7-10H,5-6H2,1H3,(H,19,21,25). The molecular weight excluding hydrogens is 382 g/mol. The summed E-state index contributed by atoms with van der Waals surface area (Å²) < 4.78 is 0. The van der Waals surface area contributed by atoms with E-state index in [4.69, 9.17) is 0 Å². The number of anilines is 2. The second kappa shape index (κ2) is 7.37. The summed E-state index contributed by atoms with van der Waals surface area (Å²) in [6.45, 7) is 1.94. The first-order chi connectivity index (χ1) is 13.1. The lowest BCUT2D eigenvalue weighted by atomic mass is 10.1. The number of carbonyl (C=O) groups excluding carboxylic acids is 2. The average Bonchev–Trinajstić information content (AvgIpc) is 3.33. The third kappa shape index (κ3) is 3.79. The Bertz CT molecular complexity index is 1030. The highest BCUT2D eigenvalue weighted by Gasteiger charge is 2.26. The predicted molar refractivity (Wildman–Crippen MR) is 107 cm³/mol. The van der Waals surface area contributed by atoms with E-state index in [0.717, 1.165) is 16.1 Å². The molecule has 0 bridgehead atoms. The summed E-state index contributed by atoms with van der Waals surface area (Å²) in [5.74, 6) is -0.499. The number of thiophene rings is 1. The number of hydrazone groups is 1. The minimum Gasteiger partial charge on any atom is -0.295 e. The van der Waals surface area contributed by atoms with Gasteiger partial charge in [0.2, 0.25) is 11.0 Å². The van der Waals surface area contributed by atoms with Gasteiger partial charge in [-0.1, -0.05) is 23.5 Å². The summed E-state index contributed by atoms with van der Waals surface area (Å²) in [4.78, 5) is 24.8. The Hall–Kier alpha value is -2.91. The van der Waals surface area contributed by atoms with E-state index in [-0.39, 0.29) is 18.2 Å². The number of nitrogens with one attached hydrogen (secondary N) is 1. The van der Waals surface area contributed by atoms with Gasteiger partial charge in [0.25, 0.3) is 5.91 Å². The molecule has 136 valence electrons. The van der Waals surface area contributed by atoms with Gasteiger partial charge < -0.3 is 0 Å². The molecule has 0 spiro atoms. The summed E-state index contributed by atoms with van der Waals surface area (Å²) in [7, 11) is 0. The third-order valence-electron chi connectivity index (χ3n) is 3.95. The highest BCUT2D eigenvalue weighted by Crippen LogP contribution is 2.28. The molecule has 3 heterocycles. The van der Waals surface area contributed by atoms with Gasteiger partial charge in [0, 0.05) is 23.8 Å². The molecule has 4 rings (SSSR count). The van der Waals surface area contributed by atoms with Gasteiger partial charge in [-0.25, -0.2) is 5.01 Å². The molecule has 1 N–H and O–H groups in total. The number of benzene rings is 1. The summed E-state index contributed by atoms with van der Waals surface area (Å²) >= 11 is 2.87. The van der Waals surface area contributed by atoms with Crippen LogP contribution in [0.4, 0.5) is 10.8 Å². The molecule has 3 aromatic rings. The zero-order valence-electron chi connectivity index (χ0n) is 14.4. The highest BCUT2D eigenvalue weighted by molar-refractivity contribution is 7.19. The Morgan fingerprint density at radius 1 is 1.22 bits per heavy atom. The predicted octanol–water partition coefficient (Wildman–Crippen LogP) is 3.70. The van der Waals surface area contributed by atoms with Crippen LogP contribution in [0.3, 0.4) is 0 Å². The smallest absolute Gasteiger partial charge is 0.273 e. The number of carbonyl (C=O) groups is 2. The van der Waals surface area contributed by atoms with Crippen LogP contribution in [0.1, 0.15) is 18.4 Å². The first-order valence-corrected chi connectivity index (χ1v) is 10.0. The number of amides is 2. The lowest BCUT2D eigenvalue weighted by molar-refractivity contribution is -0.118. The number of hydrogen-bond donors (Lipinski definition) is 1. The van der Waals surface area contributed by atoms with Gasteiger partial charge in [0.1, 0.15) is 10.7 Å². The van der Waals surface area contributed by atoms with Crippen molar-refractivity contribution in [2.75, 3.05) is 10.3 Å². The van der Waals surface area contributed by atoms with E-state index in [0.29, 0.717) is 23.0 Å². The van der Waals surface area contributed by atoms with Crippen LogP contribution in [0.25, 0.3) is 10.6 Å². The molecule has 0 fully saturated rings. The van der Waals surface area contributed by atoms with Crippen LogP contribution in [-0.2, 0) is 9.59 Å². The van der Waals surface area contributed by atoms with Gasteiger partial charge >= 0.3 is 0 Å². The van der Waals surface area contributed by atoms with Gasteiger partial charge in [0.05, 0.1) is 5.69 Å². The van der Waals surface area contributed by atoms with Crippen LogP contribution >= 0.6 is 22.7 Å². The molecule has 2 amide bonds. The van der Waals surface area contributed by atoms with E-state index in [1.165, 1.54) is 16.3 Å². The van der Waals surface area contributed by atoms with Crippen molar-refractivity contribution < 1.29 is 9.59 Å². The summed E-state index contributed by atoms with van der Waals surface area (Å²) in [6, 6.07) is 9.41. The van der Waals surface area contributed by atoms with Crippen LogP contribution in [0, 0.1) is 6.92 Å². The van der Waals surface area contributed by atoms with E-state index < -0.39 is 0 Å². The molecule has 0 saturated carbocycles. The summed E-state index contributed by atoms with van der Waals surface area (Å²) in [5, 5.41) is 21.5. The maximum absolute atomic E-state index is 12.6. The van der Waals surface area contributed by atoms with Crippen molar-refractivity contribution >= 4 is 51.0 Å². The topological polar surface area (TPSA) is 87.6 Å². The van der Waals surface area contributed by atoms with E-state index in [9.17, 15) is 9.59 Å². The molecule has 1 aliphatic rings. The minimum absolute atomic E-state index is 0.132. The van der Waals surface area contributed by atoms with Crippen molar-refractivity contribution in [3.63, 3.8) is 0 Å². The van der Waals surface area contributed by atoms with Crippen LogP contribution in [0.5, 0.6) is 0 Å². The normalized spacial score (nSPS) is 14.2. The van der Waals surface area contributed by atoms with E-state index in [1.54, 1.807) is 17.4 Å². The van der Waals surface area contributed by atoms with Crippen molar-refractivity contribution in [2.24, 2.45) is 5.10 Å². The van der Waals surface area contributed by atoms with Gasteiger partial charge in [-0.05, 0) is 36.1 Å². The van der Waals surface area contributed by atoms with Crippen molar-refractivity contribution in [1.29, 1.82) is 0 Å². The monoisotopic (exact) mass is 397 g/mol. The molecule has 0 radical (unpaired) electrons. The average molecular weight is 397 g/mol. The quantitative estimate of drug-likeness (QED) is 0.727. The number of rotatable bonds is 4. The molecule has 1 aromatic carbocycles. The van der Waals surface area contributed by atoms with Crippen molar-refractivity contribution in [3.8, 4) is 10.6 Å². The summed E-state index contributed by atoms with van der Waals surface area (Å²) in [5.41, 5.74) is 2.94. The van der Waals surface area contributed by atoms with Crippen LogP contribution in [0.15, 0.2) is 46.2 Å². The van der Waals surface area contributed by atoms with Crippen molar-refractivity contribution in [1.82, 2.24) is 10.2 Å². The zero-order chi connectivity index (χ0) is 18.8. The molecule has 7 nitrogen and oxygen atoms in total. The first kappa shape index (κ1) is 17.5. The van der Waals surface area contributed by atoms with E-state index in [2.05, 4.69) is 20.6 Å². The number of aryl methyl sites for hydroxylation is 1. The van der Waals surface area contributed by atoms with E-state index in [1.807, 2.05) is 41.9 Å². The lowest BCUT2D eigenvalue weighted by Crippen LogP contribution is -2.36. The number of hydrogen-bond acceptors (Lipinski definition) is 7. The minimum atomic E-state index is -0.367. The molecular formula is C18H15N5O2S2. The molecule has 9 heteroatoms. The Kier molecular flexibility index (Phi) is 4.78. The fourth-order valence-corrected chi connectivity index (χ4v) is 4.07. The van der Waals surface area contributed by atoms with Crippen LogP contribution < -0.4 is 10.3 Å². The number of aromatic nitrogens is 2. The Balaban J connectivity index is 1.53. The maximum atomic E-state index is 12.6. The van der Waals surface area contributed by atoms with Gasteiger partial charge in [-0.2, -0.15) is 16.4 Å². The maximum Gasteiger partial charge on any atom is 0.273 e. The molecule has 0 atom stereocenters. The lowest BCUT2D eigenvalue weighted by Gasteiger charge is -2.23. The Morgan fingerprint density at radius 3 is 2.89 bits per heavy atom. The largest absolute Gasteiger partial charge is 0.295 e. The van der Waals surface area contributed by atoms with Gasteiger partial charge in [0.15, 0.2) is 0 Å². The SMILES string of the molecule is Cc1cccc(N2N=C(C(=O)Nc3nnc(-c4ccsc4)s3)CCC2=O)c1. The number of nitrogens with zero attached hydrogens (tertiary/aromatic N) is 4. The summed E-state index contributed by atoms with van der Waals surface area (Å²) in [6.07, 6.45) is 0.527. The molecule has 0 aliphatic carbocycles. The molecule has 1 aliphatic heterocycles.